The maximum Gasteiger partial charge on any atom is 0.152 e. The maximum atomic E-state index is 12.1. The van der Waals surface area contributed by atoms with Crippen molar-refractivity contribution in [1.82, 2.24) is 5.32 Å². The summed E-state index contributed by atoms with van der Waals surface area (Å²) in [5.74, 6) is 0.402. The highest BCUT2D eigenvalue weighted by Gasteiger charge is 2.22. The van der Waals surface area contributed by atoms with E-state index in [2.05, 4.69) is 25.4 Å². The Morgan fingerprint density at radius 3 is 2.22 bits per heavy atom. The van der Waals surface area contributed by atoms with Crippen LogP contribution in [0.15, 0.2) is 0 Å². The molecule has 0 aliphatic heterocycles. The number of hydrogen-bond acceptors (Lipinski definition) is 5. The summed E-state index contributed by atoms with van der Waals surface area (Å²) >= 11 is 0. The summed E-state index contributed by atoms with van der Waals surface area (Å²) in [5.41, 5.74) is 5.74. The van der Waals surface area contributed by atoms with E-state index >= 15 is 0 Å². The van der Waals surface area contributed by atoms with Crippen LogP contribution >= 0.6 is 21.6 Å². The van der Waals surface area contributed by atoms with Crippen LogP contribution in [0.1, 0.15) is 40.5 Å². The molecule has 0 saturated heterocycles. The van der Waals surface area contributed by atoms with E-state index in [-0.39, 0.29) is 12.0 Å². The second-order valence-electron chi connectivity index (χ2n) is 5.13. The topological polar surface area (TPSA) is 55.1 Å². The lowest BCUT2D eigenvalue weighted by atomic mass is 9.96. The Morgan fingerprint density at radius 2 is 1.83 bits per heavy atom. The van der Waals surface area contributed by atoms with E-state index in [1.54, 1.807) is 10.8 Å². The third-order valence-electron chi connectivity index (χ3n) is 2.72. The van der Waals surface area contributed by atoms with Gasteiger partial charge in [0.1, 0.15) is 0 Å². The molecule has 0 aromatic heterocycles. The van der Waals surface area contributed by atoms with Crippen molar-refractivity contribution < 1.29 is 4.79 Å². The predicted molar refractivity (Wildman–Crippen MR) is 85.1 cm³/mol. The molecular weight excluding hydrogens is 264 g/mol. The summed E-state index contributed by atoms with van der Waals surface area (Å²) in [6, 6.07) is 0.309. The van der Waals surface area contributed by atoms with Gasteiger partial charge in [0, 0.05) is 23.8 Å². The number of ketones is 1. The average molecular weight is 293 g/mol. The molecule has 0 aromatic rings. The molecule has 0 radical (unpaired) electrons. The Hall–Kier alpha value is 0.290. The predicted octanol–water partition coefficient (Wildman–Crippen LogP) is 2.70. The molecule has 18 heavy (non-hydrogen) atoms. The summed E-state index contributed by atoms with van der Waals surface area (Å²) in [6.07, 6.45) is 3.94. The van der Waals surface area contributed by atoms with Gasteiger partial charge in [0.2, 0.25) is 0 Å². The monoisotopic (exact) mass is 292 g/mol. The molecule has 0 aliphatic carbocycles. The van der Waals surface area contributed by atoms with Gasteiger partial charge in [-0.1, -0.05) is 49.3 Å². The fourth-order valence-corrected chi connectivity index (χ4v) is 3.73. The molecule has 2 atom stereocenters. The molecule has 2 unspecified atom stereocenters. The zero-order chi connectivity index (χ0) is 14.1. The van der Waals surface area contributed by atoms with Crippen LogP contribution in [0.5, 0.6) is 0 Å². The van der Waals surface area contributed by atoms with Gasteiger partial charge >= 0.3 is 0 Å². The van der Waals surface area contributed by atoms with Crippen LogP contribution in [0.2, 0.25) is 0 Å². The highest BCUT2D eigenvalue weighted by atomic mass is 33.1. The van der Waals surface area contributed by atoms with Gasteiger partial charge in [-0.2, -0.15) is 0 Å². The summed E-state index contributed by atoms with van der Waals surface area (Å²) in [4.78, 5) is 12.1. The quantitative estimate of drug-likeness (QED) is 0.606. The van der Waals surface area contributed by atoms with E-state index in [4.69, 9.17) is 5.73 Å². The Labute approximate surface area is 120 Å². The number of carbonyl (C=O) groups is 1. The molecule has 5 heteroatoms. The number of rotatable bonds is 10. The Morgan fingerprint density at radius 1 is 1.22 bits per heavy atom. The van der Waals surface area contributed by atoms with Crippen molar-refractivity contribution in [1.29, 1.82) is 0 Å². The van der Waals surface area contributed by atoms with Crippen LogP contribution in [0.4, 0.5) is 0 Å². The molecule has 0 aliphatic rings. The minimum atomic E-state index is -0.0264. The highest BCUT2D eigenvalue weighted by molar-refractivity contribution is 8.76. The minimum absolute atomic E-state index is 0.0264. The summed E-state index contributed by atoms with van der Waals surface area (Å²) in [6.45, 7) is 8.77. The number of hydrogen-bond donors (Lipinski definition) is 2. The van der Waals surface area contributed by atoms with Gasteiger partial charge in [-0.3, -0.25) is 4.79 Å². The molecular formula is C13H28N2OS2. The molecule has 3 N–H and O–H groups in total. The molecule has 0 rings (SSSR count). The first kappa shape index (κ1) is 18.3. The standard InChI is InChI=1S/C13H28N2OS2/c1-9(2)13(16)12(15-10(3)4)7-6-11(8-14)18-17-5/h9-12,15H,6-8,14H2,1-5H3. The molecule has 0 heterocycles. The normalized spacial score (nSPS) is 15.1. The number of Topliss-reactive ketones (excluding diaryl/α,β-unsaturated/α-hetero) is 1. The molecule has 0 fully saturated rings. The van der Waals surface area contributed by atoms with E-state index in [9.17, 15) is 4.79 Å². The number of nitrogens with two attached hydrogens (primary N) is 1. The van der Waals surface area contributed by atoms with Crippen molar-refractivity contribution in [2.24, 2.45) is 11.7 Å². The lowest BCUT2D eigenvalue weighted by molar-refractivity contribution is -0.124. The largest absolute Gasteiger partial charge is 0.329 e. The molecule has 0 amide bonds. The zero-order valence-electron chi connectivity index (χ0n) is 12.2. The molecule has 108 valence electrons. The fourth-order valence-electron chi connectivity index (χ4n) is 1.81. The minimum Gasteiger partial charge on any atom is -0.329 e. The van der Waals surface area contributed by atoms with Crippen LogP contribution in [-0.4, -0.2) is 35.9 Å². The zero-order valence-corrected chi connectivity index (χ0v) is 13.9. The Bertz CT molecular complexity index is 235. The number of carbonyl (C=O) groups excluding carboxylic acids is 1. The second kappa shape index (κ2) is 10.1. The van der Waals surface area contributed by atoms with Crippen LogP contribution < -0.4 is 11.1 Å². The lowest BCUT2D eigenvalue weighted by Crippen LogP contribution is -2.43. The Balaban J connectivity index is 4.35. The second-order valence-corrected chi connectivity index (χ2v) is 7.90. The van der Waals surface area contributed by atoms with E-state index in [0.717, 1.165) is 12.8 Å². The highest BCUT2D eigenvalue weighted by Crippen LogP contribution is 2.26. The van der Waals surface area contributed by atoms with Crippen molar-refractivity contribution in [2.45, 2.75) is 57.9 Å². The number of nitrogens with one attached hydrogen (secondary N) is 1. The van der Waals surface area contributed by atoms with E-state index < -0.39 is 0 Å². The first-order chi connectivity index (χ1) is 8.42. The first-order valence-corrected chi connectivity index (χ1v) is 9.23. The van der Waals surface area contributed by atoms with E-state index in [1.165, 1.54) is 0 Å². The molecule has 0 aromatic carbocycles. The van der Waals surface area contributed by atoms with Crippen LogP contribution in [-0.2, 0) is 4.79 Å². The van der Waals surface area contributed by atoms with Gasteiger partial charge in [-0.15, -0.1) is 0 Å². The van der Waals surface area contributed by atoms with Gasteiger partial charge in [-0.05, 0) is 19.1 Å². The van der Waals surface area contributed by atoms with Crippen molar-refractivity contribution in [3.8, 4) is 0 Å². The fraction of sp³-hybridized carbons (Fsp3) is 0.923. The maximum absolute atomic E-state index is 12.1. The van der Waals surface area contributed by atoms with Crippen molar-refractivity contribution in [3.05, 3.63) is 0 Å². The smallest absolute Gasteiger partial charge is 0.152 e. The van der Waals surface area contributed by atoms with E-state index in [0.29, 0.717) is 23.6 Å². The van der Waals surface area contributed by atoms with Gasteiger partial charge in [0.15, 0.2) is 5.78 Å². The molecule has 0 bridgehead atoms. The van der Waals surface area contributed by atoms with Crippen molar-refractivity contribution in [3.63, 3.8) is 0 Å². The van der Waals surface area contributed by atoms with Gasteiger partial charge in [0.05, 0.1) is 6.04 Å². The third-order valence-corrected chi connectivity index (χ3v) is 5.01. The Kier molecular flexibility index (Phi) is 10.3. The summed E-state index contributed by atoms with van der Waals surface area (Å²) in [5, 5.41) is 3.82. The molecule has 0 saturated carbocycles. The van der Waals surface area contributed by atoms with Gasteiger partial charge in [0.25, 0.3) is 0 Å². The molecule has 0 spiro atoms. The van der Waals surface area contributed by atoms with Crippen molar-refractivity contribution >= 4 is 27.4 Å². The van der Waals surface area contributed by atoms with Crippen LogP contribution in [0.25, 0.3) is 0 Å². The molecule has 3 nitrogen and oxygen atoms in total. The van der Waals surface area contributed by atoms with E-state index in [1.807, 2.05) is 24.6 Å². The SMILES string of the molecule is CSSC(CN)CCC(NC(C)C)C(=O)C(C)C. The summed E-state index contributed by atoms with van der Waals surface area (Å²) in [7, 11) is 3.56. The van der Waals surface area contributed by atoms with Crippen LogP contribution in [0.3, 0.4) is 0 Å². The van der Waals surface area contributed by atoms with Crippen LogP contribution in [0, 0.1) is 5.92 Å². The average Bonchev–Trinajstić information content (AvgIpc) is 2.31. The third kappa shape index (κ3) is 7.67. The van der Waals surface area contributed by atoms with Crippen molar-refractivity contribution in [2.75, 3.05) is 12.8 Å². The van der Waals surface area contributed by atoms with Gasteiger partial charge in [-0.25, -0.2) is 0 Å². The summed E-state index contributed by atoms with van der Waals surface area (Å²) < 4.78 is 0. The van der Waals surface area contributed by atoms with Gasteiger partial charge < -0.3 is 11.1 Å². The lowest BCUT2D eigenvalue weighted by Gasteiger charge is -2.23. The first-order valence-electron chi connectivity index (χ1n) is 6.61.